The second-order valence-corrected chi connectivity index (χ2v) is 2.58. The van der Waals surface area contributed by atoms with Gasteiger partial charge in [-0.05, 0) is 6.92 Å². The maximum atomic E-state index is 5.48. The molecule has 5 heteroatoms. The molecule has 0 aromatic heterocycles. The molecule has 4 nitrogen and oxygen atoms in total. The van der Waals surface area contributed by atoms with Gasteiger partial charge in [-0.2, -0.15) is 0 Å². The molecule has 0 fully saturated rings. The van der Waals surface area contributed by atoms with E-state index < -0.39 is 0 Å². The van der Waals surface area contributed by atoms with Crippen LogP contribution in [0.25, 0.3) is 0 Å². The molecule has 1 rings (SSSR count). The minimum absolute atomic E-state index is 0.344. The molecule has 0 aliphatic carbocycles. The van der Waals surface area contributed by atoms with E-state index in [1.165, 1.54) is 5.01 Å². The van der Waals surface area contributed by atoms with Crippen LogP contribution in [-0.4, -0.2) is 16.3 Å². The van der Waals surface area contributed by atoms with Crippen molar-refractivity contribution in [2.45, 2.75) is 12.4 Å². The summed E-state index contributed by atoms with van der Waals surface area (Å²) in [6.07, 6.45) is 1.71. The zero-order chi connectivity index (χ0) is 7.72. The number of amidine groups is 1. The minimum Gasteiger partial charge on any atom is -0.384 e. The van der Waals surface area contributed by atoms with Gasteiger partial charge >= 0.3 is 0 Å². The fourth-order valence-electron chi connectivity index (χ4n) is 0.649. The smallest absolute Gasteiger partial charge is 0.181 e. The van der Waals surface area contributed by atoms with Crippen LogP contribution in [0.5, 0.6) is 0 Å². The molecule has 56 valence electrons. The minimum atomic E-state index is -0.344. The fourth-order valence-corrected chi connectivity index (χ4v) is 0.840. The van der Waals surface area contributed by atoms with E-state index in [-0.39, 0.29) is 5.50 Å². The van der Waals surface area contributed by atoms with Crippen molar-refractivity contribution in [3.63, 3.8) is 0 Å². The number of thiol groups is 1. The summed E-state index contributed by atoms with van der Waals surface area (Å²) < 4.78 is 0. The van der Waals surface area contributed by atoms with E-state index in [9.17, 15) is 0 Å². The van der Waals surface area contributed by atoms with Gasteiger partial charge in [0.25, 0.3) is 0 Å². The van der Waals surface area contributed by atoms with Crippen molar-refractivity contribution in [3.8, 4) is 0 Å². The summed E-state index contributed by atoms with van der Waals surface area (Å²) in [6.45, 7) is 1.85. The molecule has 4 N–H and O–H groups in total. The van der Waals surface area contributed by atoms with Crippen LogP contribution < -0.4 is 11.6 Å². The molecule has 0 aromatic rings. The van der Waals surface area contributed by atoms with E-state index in [1.54, 1.807) is 6.20 Å². The Labute approximate surface area is 65.0 Å². The number of nitrogens with zero attached hydrogens (tertiary/aromatic N) is 2. The Morgan fingerprint density at radius 1 is 1.80 bits per heavy atom. The number of rotatable bonds is 0. The average molecular weight is 158 g/mol. The highest BCUT2D eigenvalue weighted by Crippen LogP contribution is 2.10. The quantitative estimate of drug-likeness (QED) is 0.333. The predicted octanol–water partition coefficient (Wildman–Crippen LogP) is -0.350. The molecule has 1 unspecified atom stereocenters. The normalized spacial score (nSPS) is 25.9. The van der Waals surface area contributed by atoms with Crippen LogP contribution in [0, 0.1) is 0 Å². The Balaban J connectivity index is 2.83. The predicted molar refractivity (Wildman–Crippen MR) is 44.2 cm³/mol. The zero-order valence-corrected chi connectivity index (χ0v) is 6.55. The average Bonchev–Trinajstić information content (AvgIpc) is 1.84. The lowest BCUT2D eigenvalue weighted by Crippen LogP contribution is -2.37. The summed E-state index contributed by atoms with van der Waals surface area (Å²) in [4.78, 5) is 3.94. The SMILES string of the molecule is CC1=CN(N)C(S)N=C1N. The molecule has 1 aliphatic heterocycles. The second-order valence-electron chi connectivity index (χ2n) is 2.12. The maximum Gasteiger partial charge on any atom is 0.181 e. The molecule has 0 bridgehead atoms. The third-order valence-electron chi connectivity index (χ3n) is 1.27. The van der Waals surface area contributed by atoms with E-state index in [1.807, 2.05) is 6.92 Å². The topological polar surface area (TPSA) is 67.6 Å². The highest BCUT2D eigenvalue weighted by molar-refractivity contribution is 7.80. The third-order valence-corrected chi connectivity index (χ3v) is 1.65. The molecule has 10 heavy (non-hydrogen) atoms. The highest BCUT2D eigenvalue weighted by atomic mass is 32.1. The lowest BCUT2D eigenvalue weighted by molar-refractivity contribution is 0.372. The Hall–Kier alpha value is -0.680. The standard InChI is InChI=1S/C5H10N4S/c1-3-2-9(7)5(10)8-4(3)6/h2,5,10H,7H2,1H3,(H2,6,8). The number of hydrazine groups is 1. The van der Waals surface area contributed by atoms with Gasteiger partial charge in [-0.3, -0.25) is 5.01 Å². The number of aliphatic imine (C=N–C) groups is 1. The van der Waals surface area contributed by atoms with Gasteiger partial charge in [-0.25, -0.2) is 10.8 Å². The molecular weight excluding hydrogens is 148 g/mol. The Morgan fingerprint density at radius 2 is 2.40 bits per heavy atom. The molecule has 1 atom stereocenters. The van der Waals surface area contributed by atoms with Crippen LogP contribution in [0.15, 0.2) is 16.8 Å². The Morgan fingerprint density at radius 3 is 2.90 bits per heavy atom. The van der Waals surface area contributed by atoms with Crippen molar-refractivity contribution in [2.75, 3.05) is 0 Å². The van der Waals surface area contributed by atoms with Crippen molar-refractivity contribution in [1.82, 2.24) is 5.01 Å². The lowest BCUT2D eigenvalue weighted by Gasteiger charge is -2.23. The van der Waals surface area contributed by atoms with Crippen LogP contribution in [0.1, 0.15) is 6.92 Å². The molecular formula is C5H10N4S. The van der Waals surface area contributed by atoms with Gasteiger partial charge in [0.1, 0.15) is 5.84 Å². The molecule has 0 amide bonds. The first-order chi connectivity index (χ1) is 4.61. The van der Waals surface area contributed by atoms with Crippen molar-refractivity contribution in [2.24, 2.45) is 16.6 Å². The zero-order valence-electron chi connectivity index (χ0n) is 5.65. The summed E-state index contributed by atoms with van der Waals surface area (Å²) >= 11 is 4.04. The van der Waals surface area contributed by atoms with Crippen molar-refractivity contribution >= 4 is 18.5 Å². The summed E-state index contributed by atoms with van der Waals surface area (Å²) in [7, 11) is 0. The van der Waals surface area contributed by atoms with Crippen molar-refractivity contribution < 1.29 is 0 Å². The van der Waals surface area contributed by atoms with E-state index >= 15 is 0 Å². The number of nitrogens with two attached hydrogens (primary N) is 2. The summed E-state index contributed by atoms with van der Waals surface area (Å²) in [6, 6.07) is 0. The van der Waals surface area contributed by atoms with Crippen molar-refractivity contribution in [3.05, 3.63) is 11.8 Å². The first kappa shape index (κ1) is 7.43. The van der Waals surface area contributed by atoms with Gasteiger partial charge < -0.3 is 5.73 Å². The monoisotopic (exact) mass is 158 g/mol. The summed E-state index contributed by atoms with van der Waals surface area (Å²) in [5, 5.41) is 1.40. The molecule has 0 aromatic carbocycles. The van der Waals surface area contributed by atoms with Crippen LogP contribution in [-0.2, 0) is 0 Å². The molecule has 0 spiro atoms. The van der Waals surface area contributed by atoms with E-state index in [2.05, 4.69) is 17.6 Å². The first-order valence-electron chi connectivity index (χ1n) is 2.84. The molecule has 1 aliphatic rings. The van der Waals surface area contributed by atoms with Gasteiger partial charge in [0.2, 0.25) is 0 Å². The van der Waals surface area contributed by atoms with Crippen LogP contribution in [0.3, 0.4) is 0 Å². The fraction of sp³-hybridized carbons (Fsp3) is 0.400. The van der Waals surface area contributed by atoms with Crippen LogP contribution >= 0.6 is 12.6 Å². The largest absolute Gasteiger partial charge is 0.384 e. The molecule has 1 heterocycles. The first-order valence-corrected chi connectivity index (χ1v) is 3.36. The summed E-state index contributed by atoms with van der Waals surface area (Å²) in [5.74, 6) is 5.95. The van der Waals surface area contributed by atoms with Gasteiger partial charge in [0, 0.05) is 11.8 Å². The van der Waals surface area contributed by atoms with Gasteiger partial charge in [-0.1, -0.05) is 0 Å². The van der Waals surface area contributed by atoms with Crippen LogP contribution in [0.2, 0.25) is 0 Å². The van der Waals surface area contributed by atoms with E-state index in [4.69, 9.17) is 11.6 Å². The summed E-state index contributed by atoms with van der Waals surface area (Å²) in [5.41, 5.74) is 6.01. The lowest BCUT2D eigenvalue weighted by atomic mass is 10.3. The molecule has 0 saturated heterocycles. The molecule has 0 radical (unpaired) electrons. The Kier molecular flexibility index (Phi) is 1.87. The van der Waals surface area contributed by atoms with Gasteiger partial charge in [0.05, 0.1) is 0 Å². The van der Waals surface area contributed by atoms with E-state index in [0.29, 0.717) is 5.84 Å². The maximum absolute atomic E-state index is 5.48. The van der Waals surface area contributed by atoms with Gasteiger partial charge in [0.15, 0.2) is 5.50 Å². The van der Waals surface area contributed by atoms with Crippen LogP contribution in [0.4, 0.5) is 0 Å². The third kappa shape index (κ3) is 1.25. The van der Waals surface area contributed by atoms with E-state index in [0.717, 1.165) is 5.57 Å². The Bertz CT molecular complexity index is 176. The second kappa shape index (κ2) is 2.51. The highest BCUT2D eigenvalue weighted by Gasteiger charge is 2.12. The molecule has 0 saturated carbocycles. The number of hydrogen-bond donors (Lipinski definition) is 3. The van der Waals surface area contributed by atoms with Gasteiger partial charge in [-0.15, -0.1) is 12.6 Å². The number of hydrogen-bond acceptors (Lipinski definition) is 5. The van der Waals surface area contributed by atoms with Crippen molar-refractivity contribution in [1.29, 1.82) is 0 Å².